The lowest BCUT2D eigenvalue weighted by atomic mass is 10.3. The summed E-state index contributed by atoms with van der Waals surface area (Å²) in [5.41, 5.74) is 5.16. The molecule has 0 aliphatic carbocycles. The Balaban J connectivity index is 2.24. The zero-order valence-corrected chi connectivity index (χ0v) is 13.8. The van der Waals surface area contributed by atoms with Gasteiger partial charge in [0.15, 0.2) is 0 Å². The van der Waals surface area contributed by atoms with Gasteiger partial charge in [-0.05, 0) is 40.2 Å². The van der Waals surface area contributed by atoms with Gasteiger partial charge in [0.05, 0.1) is 14.9 Å². The highest BCUT2D eigenvalue weighted by molar-refractivity contribution is 9.10. The summed E-state index contributed by atoms with van der Waals surface area (Å²) in [5.74, 6) is -0.680. The van der Waals surface area contributed by atoms with Crippen molar-refractivity contribution in [2.45, 2.75) is 11.4 Å². The second-order valence-electron chi connectivity index (χ2n) is 3.83. The van der Waals surface area contributed by atoms with Crippen molar-refractivity contribution in [3.63, 3.8) is 0 Å². The van der Waals surface area contributed by atoms with Crippen LogP contribution in [-0.4, -0.2) is 8.42 Å². The summed E-state index contributed by atoms with van der Waals surface area (Å²) in [5, 5.41) is 0. The molecule has 20 heavy (non-hydrogen) atoms. The number of nitrogen functional groups attached to an aromatic ring is 1. The molecule has 0 radical (unpaired) electrons. The predicted molar refractivity (Wildman–Crippen MR) is 81.9 cm³/mol. The first kappa shape index (κ1) is 15.7. The number of hydrogen-bond donors (Lipinski definition) is 2. The molecule has 4 nitrogen and oxygen atoms in total. The second-order valence-corrected chi connectivity index (χ2v) is 8.22. The molecule has 2 aromatic rings. The van der Waals surface area contributed by atoms with E-state index in [1.54, 1.807) is 12.1 Å². The Kier molecular flexibility index (Phi) is 4.70. The molecule has 1 aromatic carbocycles. The summed E-state index contributed by atoms with van der Waals surface area (Å²) in [7, 11) is -3.80. The molecular weight excluding hydrogens is 391 g/mol. The van der Waals surface area contributed by atoms with Gasteiger partial charge in [-0.15, -0.1) is 11.3 Å². The number of hydrogen-bond acceptors (Lipinski definition) is 4. The molecule has 108 valence electrons. The molecule has 0 aliphatic rings. The Labute approximate surface area is 132 Å². The first-order valence-electron chi connectivity index (χ1n) is 5.28. The lowest BCUT2D eigenvalue weighted by Gasteiger charge is -2.09. The highest BCUT2D eigenvalue weighted by atomic mass is 79.9. The molecule has 0 saturated heterocycles. The lowest BCUT2D eigenvalue weighted by molar-refractivity contribution is 0.580. The fourth-order valence-electron chi connectivity index (χ4n) is 1.44. The molecule has 1 heterocycles. The van der Waals surface area contributed by atoms with Crippen molar-refractivity contribution < 1.29 is 12.8 Å². The van der Waals surface area contributed by atoms with Gasteiger partial charge in [-0.2, -0.15) is 0 Å². The van der Waals surface area contributed by atoms with E-state index < -0.39 is 15.8 Å². The van der Waals surface area contributed by atoms with Crippen molar-refractivity contribution in [3.05, 3.63) is 43.8 Å². The second kappa shape index (κ2) is 5.98. The van der Waals surface area contributed by atoms with E-state index in [1.807, 2.05) is 0 Å². The maximum Gasteiger partial charge on any atom is 0.242 e. The summed E-state index contributed by atoms with van der Waals surface area (Å²) in [4.78, 5) is 0.656. The van der Waals surface area contributed by atoms with E-state index in [0.717, 1.165) is 17.0 Å². The molecule has 0 unspecified atom stereocenters. The van der Waals surface area contributed by atoms with E-state index in [2.05, 4.69) is 20.7 Å². The van der Waals surface area contributed by atoms with Crippen LogP contribution < -0.4 is 10.5 Å². The van der Waals surface area contributed by atoms with Gasteiger partial charge in [-0.1, -0.05) is 11.6 Å². The van der Waals surface area contributed by atoms with Crippen LogP contribution in [0.1, 0.15) is 4.88 Å². The van der Waals surface area contributed by atoms with E-state index in [4.69, 9.17) is 17.3 Å². The van der Waals surface area contributed by atoms with Crippen molar-refractivity contribution in [1.29, 1.82) is 0 Å². The van der Waals surface area contributed by atoms with Crippen LogP contribution in [-0.2, 0) is 16.6 Å². The Morgan fingerprint density at radius 3 is 2.70 bits per heavy atom. The van der Waals surface area contributed by atoms with Crippen LogP contribution in [0, 0.1) is 5.82 Å². The molecule has 0 fully saturated rings. The number of nitrogens with one attached hydrogen (secondary N) is 1. The number of sulfonamides is 1. The van der Waals surface area contributed by atoms with Crippen molar-refractivity contribution in [3.8, 4) is 0 Å². The van der Waals surface area contributed by atoms with E-state index in [9.17, 15) is 12.8 Å². The molecule has 0 atom stereocenters. The molecule has 3 N–H and O–H groups in total. The van der Waals surface area contributed by atoms with Crippen LogP contribution in [0.4, 0.5) is 10.1 Å². The molecule has 0 spiro atoms. The summed E-state index contributed by atoms with van der Waals surface area (Å²) < 4.78 is 40.6. The Morgan fingerprint density at radius 1 is 1.40 bits per heavy atom. The van der Waals surface area contributed by atoms with Crippen LogP contribution in [0.2, 0.25) is 4.34 Å². The van der Waals surface area contributed by atoms with Crippen molar-refractivity contribution in [2.75, 3.05) is 5.73 Å². The summed E-state index contributed by atoms with van der Waals surface area (Å²) in [6.07, 6.45) is 0. The average Bonchev–Trinajstić information content (AvgIpc) is 2.77. The van der Waals surface area contributed by atoms with Crippen molar-refractivity contribution >= 4 is 54.6 Å². The van der Waals surface area contributed by atoms with Gasteiger partial charge in [0.2, 0.25) is 10.0 Å². The normalized spacial score (nSPS) is 11.8. The number of rotatable bonds is 4. The Morgan fingerprint density at radius 2 is 2.10 bits per heavy atom. The van der Waals surface area contributed by atoms with Gasteiger partial charge < -0.3 is 5.73 Å². The van der Waals surface area contributed by atoms with Crippen LogP contribution in [0.15, 0.2) is 33.6 Å². The summed E-state index contributed by atoms with van der Waals surface area (Å²) in [6, 6.07) is 5.50. The largest absolute Gasteiger partial charge is 0.396 e. The summed E-state index contributed by atoms with van der Waals surface area (Å²) >= 11 is 10.1. The lowest BCUT2D eigenvalue weighted by Crippen LogP contribution is -2.23. The fourth-order valence-corrected chi connectivity index (χ4v) is 4.61. The monoisotopic (exact) mass is 398 g/mol. The first-order chi connectivity index (χ1) is 9.29. The minimum Gasteiger partial charge on any atom is -0.396 e. The zero-order valence-electron chi connectivity index (χ0n) is 9.86. The minimum atomic E-state index is -3.80. The first-order valence-corrected chi connectivity index (χ1v) is 8.75. The van der Waals surface area contributed by atoms with Gasteiger partial charge in [-0.25, -0.2) is 17.5 Å². The fraction of sp³-hybridized carbons (Fsp3) is 0.0909. The molecular formula is C11H9BrClFN2O2S2. The average molecular weight is 400 g/mol. The number of nitrogens with two attached hydrogens (primary N) is 1. The van der Waals surface area contributed by atoms with E-state index in [0.29, 0.717) is 4.34 Å². The number of benzene rings is 1. The highest BCUT2D eigenvalue weighted by Gasteiger charge is 2.19. The van der Waals surface area contributed by atoms with Gasteiger partial charge in [0, 0.05) is 15.9 Å². The number of halogens is 3. The van der Waals surface area contributed by atoms with Crippen molar-refractivity contribution in [1.82, 2.24) is 4.72 Å². The van der Waals surface area contributed by atoms with E-state index >= 15 is 0 Å². The standard InChI is InChI=1S/C11H9BrClFN2O2S2/c12-7-3-8(14)9(15)4-10(7)20(17,18)16-5-6-1-2-11(13)19-6/h1-4,16H,5,15H2. The third-order valence-electron chi connectivity index (χ3n) is 2.41. The SMILES string of the molecule is Nc1cc(S(=O)(=O)NCc2ccc(Cl)s2)c(Br)cc1F. The third-order valence-corrected chi connectivity index (χ3v) is 6.00. The molecule has 0 saturated carbocycles. The minimum absolute atomic E-state index is 0.101. The quantitative estimate of drug-likeness (QED) is 0.774. The van der Waals surface area contributed by atoms with Gasteiger partial charge in [0.25, 0.3) is 0 Å². The maximum absolute atomic E-state index is 13.2. The van der Waals surface area contributed by atoms with Crippen LogP contribution in [0.25, 0.3) is 0 Å². The van der Waals surface area contributed by atoms with E-state index in [1.165, 1.54) is 11.3 Å². The maximum atomic E-state index is 13.2. The molecule has 0 bridgehead atoms. The third kappa shape index (κ3) is 3.50. The highest BCUT2D eigenvalue weighted by Crippen LogP contribution is 2.27. The Bertz CT molecular complexity index is 749. The molecule has 1 aromatic heterocycles. The van der Waals surface area contributed by atoms with Gasteiger partial charge >= 0.3 is 0 Å². The molecule has 0 amide bonds. The van der Waals surface area contributed by atoms with Gasteiger partial charge in [0.1, 0.15) is 5.82 Å². The molecule has 9 heteroatoms. The summed E-state index contributed by atoms with van der Waals surface area (Å²) in [6.45, 7) is 0.101. The molecule has 2 rings (SSSR count). The smallest absolute Gasteiger partial charge is 0.242 e. The van der Waals surface area contributed by atoms with Crippen LogP contribution in [0.3, 0.4) is 0 Å². The van der Waals surface area contributed by atoms with E-state index in [-0.39, 0.29) is 21.6 Å². The van der Waals surface area contributed by atoms with Crippen molar-refractivity contribution in [2.24, 2.45) is 0 Å². The Hall–Kier alpha value is -0.670. The van der Waals surface area contributed by atoms with Crippen LogP contribution >= 0.6 is 38.9 Å². The molecule has 0 aliphatic heterocycles. The predicted octanol–water partition coefficient (Wildman–Crippen LogP) is 3.36. The number of thiophene rings is 1. The van der Waals surface area contributed by atoms with Gasteiger partial charge in [-0.3, -0.25) is 0 Å². The zero-order chi connectivity index (χ0) is 14.9. The van der Waals surface area contributed by atoms with Crippen LogP contribution in [0.5, 0.6) is 0 Å². The topological polar surface area (TPSA) is 72.2 Å². The number of anilines is 1.